The fourth-order valence-electron chi connectivity index (χ4n) is 6.18. The fraction of sp³-hybridized carbons (Fsp3) is 0.278. The van der Waals surface area contributed by atoms with Gasteiger partial charge in [0.05, 0.1) is 49.2 Å². The predicted octanol–water partition coefficient (Wildman–Crippen LogP) is 6.66. The number of benzene rings is 3. The van der Waals surface area contributed by atoms with E-state index in [1.165, 1.54) is 26.2 Å². The lowest BCUT2D eigenvalue weighted by atomic mass is 9.82. The molecule has 2 aromatic heterocycles. The van der Waals surface area contributed by atoms with Crippen LogP contribution in [0.3, 0.4) is 0 Å². The van der Waals surface area contributed by atoms with Crippen molar-refractivity contribution in [3.05, 3.63) is 71.2 Å². The number of para-hydroxylation sites is 1. The molecule has 0 atom stereocenters. The van der Waals surface area contributed by atoms with Gasteiger partial charge in [0.2, 0.25) is 0 Å². The van der Waals surface area contributed by atoms with Gasteiger partial charge in [0.25, 0.3) is 5.88 Å². The normalized spacial score (nSPS) is 15.5. The van der Waals surface area contributed by atoms with Gasteiger partial charge in [-0.25, -0.2) is 9.78 Å². The zero-order valence-corrected chi connectivity index (χ0v) is 27.9. The Balaban J connectivity index is 1.34. The average Bonchev–Trinajstić information content (AvgIpc) is 3.43. The molecule has 3 aromatic carbocycles. The Bertz CT molecular complexity index is 2000. The van der Waals surface area contributed by atoms with E-state index in [1.807, 2.05) is 43.4 Å². The van der Waals surface area contributed by atoms with Gasteiger partial charge in [0.15, 0.2) is 12.0 Å². The van der Waals surface area contributed by atoms with E-state index >= 15 is 0 Å². The minimum atomic E-state index is -0.538. The van der Waals surface area contributed by atoms with Crippen LogP contribution in [0.15, 0.2) is 60.7 Å². The van der Waals surface area contributed by atoms with Gasteiger partial charge in [-0.3, -0.25) is 9.48 Å². The number of aryl methyl sites for hydroxylation is 1. The van der Waals surface area contributed by atoms with Gasteiger partial charge in [-0.15, -0.1) is 0 Å². The number of aliphatic hydroxyl groups excluding tert-OH is 1. The van der Waals surface area contributed by atoms with Gasteiger partial charge in [0, 0.05) is 48.3 Å². The zero-order valence-electron chi connectivity index (χ0n) is 27.2. The highest BCUT2D eigenvalue weighted by Crippen LogP contribution is 2.43. The number of fused-ring (bicyclic) bond motifs is 1. The maximum absolute atomic E-state index is 12.8. The summed E-state index contributed by atoms with van der Waals surface area (Å²) in [5, 5.41) is 15.7. The molecule has 0 saturated heterocycles. The number of pyridine rings is 1. The Morgan fingerprint density at radius 2 is 1.65 bits per heavy atom. The van der Waals surface area contributed by atoms with E-state index in [0.717, 1.165) is 27.6 Å². The summed E-state index contributed by atoms with van der Waals surface area (Å²) in [6, 6.07) is 18.5. The van der Waals surface area contributed by atoms with Gasteiger partial charge in [0.1, 0.15) is 17.2 Å². The molecular weight excluding hydrogens is 636 g/mol. The molecule has 0 bridgehead atoms. The van der Waals surface area contributed by atoms with Crippen LogP contribution in [0.5, 0.6) is 23.1 Å². The van der Waals surface area contributed by atoms with E-state index in [2.05, 4.69) is 4.98 Å². The minimum absolute atomic E-state index is 0.139. The third kappa shape index (κ3) is 6.02. The first kappa shape index (κ1) is 32.8. The molecule has 1 amide bonds. The van der Waals surface area contributed by atoms with Crippen LogP contribution < -0.4 is 18.9 Å². The summed E-state index contributed by atoms with van der Waals surface area (Å²) in [5.74, 6) is 1.34. The van der Waals surface area contributed by atoms with Crippen molar-refractivity contribution in [2.45, 2.75) is 18.9 Å². The number of aromatic nitrogens is 3. The lowest BCUT2D eigenvalue weighted by Crippen LogP contribution is -2.40. The molecule has 0 unspecified atom stereocenters. The number of methoxy groups -OCH3 is 3. The number of aliphatic hydroxyl groups is 1. The summed E-state index contributed by atoms with van der Waals surface area (Å²) in [7, 11) is 7.99. The van der Waals surface area contributed by atoms with E-state index in [1.54, 1.807) is 36.0 Å². The number of hydrogen-bond acceptors (Lipinski definition) is 9. The molecule has 1 saturated carbocycles. The third-order valence-electron chi connectivity index (χ3n) is 8.64. The van der Waals surface area contributed by atoms with Gasteiger partial charge in [-0.1, -0.05) is 48.0 Å². The number of carbonyl (C=O) groups is 2. The van der Waals surface area contributed by atoms with Crippen LogP contribution in [0, 0.1) is 5.92 Å². The van der Waals surface area contributed by atoms with E-state index in [4.69, 9.17) is 35.6 Å². The third-order valence-corrected chi connectivity index (χ3v) is 9.04. The Hall–Kier alpha value is -5.13. The highest BCUT2D eigenvalue weighted by Gasteiger charge is 2.30. The van der Waals surface area contributed by atoms with Crippen LogP contribution in [-0.2, 0) is 7.05 Å². The molecule has 48 heavy (non-hydrogen) atoms. The highest BCUT2D eigenvalue weighted by molar-refractivity contribution is 6.36. The Morgan fingerprint density at radius 1 is 0.979 bits per heavy atom. The standard InChI is InChI=1S/C36H35ClN4O7/c1-40(18-20-14-22(43)15-20)36(44)48-29-13-12-28(38-35(29)47-5)25-10-6-8-23(32(25)37)24-9-7-11-26-33(39-41(2)34(24)26)21-16-30(45-3)27(19-42)31(17-21)46-4/h6-13,16-17,19-20,22,43H,14-15,18H2,1-5H3/t20-,22+. The summed E-state index contributed by atoms with van der Waals surface area (Å²) in [4.78, 5) is 30.6. The molecular formula is C36H35ClN4O7. The number of ether oxygens (including phenoxy) is 4. The van der Waals surface area contributed by atoms with Crippen LogP contribution in [0.25, 0.3) is 44.5 Å². The first-order valence-corrected chi connectivity index (χ1v) is 15.7. The second-order valence-corrected chi connectivity index (χ2v) is 12.1. The molecule has 11 nitrogen and oxygen atoms in total. The molecule has 0 radical (unpaired) electrons. The van der Waals surface area contributed by atoms with E-state index < -0.39 is 6.09 Å². The lowest BCUT2D eigenvalue weighted by molar-refractivity contribution is 0.0295. The van der Waals surface area contributed by atoms with E-state index in [-0.39, 0.29) is 23.7 Å². The number of rotatable bonds is 10. The van der Waals surface area contributed by atoms with Crippen LogP contribution in [0.4, 0.5) is 4.79 Å². The van der Waals surface area contributed by atoms with Crippen molar-refractivity contribution in [2.75, 3.05) is 34.9 Å². The number of halogens is 1. The van der Waals surface area contributed by atoms with Crippen molar-refractivity contribution in [2.24, 2.45) is 13.0 Å². The topological polar surface area (TPSA) is 125 Å². The van der Waals surface area contributed by atoms with Gasteiger partial charge < -0.3 is 29.0 Å². The summed E-state index contributed by atoms with van der Waals surface area (Å²) in [5.41, 5.74) is 5.38. The molecule has 0 spiro atoms. The Morgan fingerprint density at radius 3 is 2.29 bits per heavy atom. The second-order valence-electron chi connectivity index (χ2n) is 11.7. The molecule has 5 aromatic rings. The molecule has 2 heterocycles. The SMILES string of the molecule is COc1cc(-c2nn(C)c3c(-c4cccc(-c5ccc(OC(=O)N(C)C[C@H]6C[C@@H](O)C6)c(OC)n5)c4Cl)cccc23)cc(OC)c1C=O. The van der Waals surface area contributed by atoms with Crippen LogP contribution in [0.2, 0.25) is 5.02 Å². The fourth-order valence-corrected chi connectivity index (χ4v) is 6.51. The summed E-state index contributed by atoms with van der Waals surface area (Å²) in [6.45, 7) is 0.492. The lowest BCUT2D eigenvalue weighted by Gasteiger charge is -2.34. The second kappa shape index (κ2) is 13.5. The van der Waals surface area contributed by atoms with E-state index in [0.29, 0.717) is 64.7 Å². The molecule has 0 aliphatic heterocycles. The molecule has 1 fully saturated rings. The monoisotopic (exact) mass is 670 g/mol. The molecule has 1 aliphatic rings. The van der Waals surface area contributed by atoms with Crippen LogP contribution in [0.1, 0.15) is 23.2 Å². The summed E-state index contributed by atoms with van der Waals surface area (Å²) in [6.07, 6.45) is 1.23. The van der Waals surface area contributed by atoms with Crippen molar-refractivity contribution < 1.29 is 33.6 Å². The zero-order chi connectivity index (χ0) is 34.1. The molecule has 1 aliphatic carbocycles. The predicted molar refractivity (Wildman–Crippen MR) is 182 cm³/mol. The largest absolute Gasteiger partial charge is 0.496 e. The molecule has 1 N–H and O–H groups in total. The Kier molecular flexibility index (Phi) is 9.25. The quantitative estimate of drug-likeness (QED) is 0.162. The summed E-state index contributed by atoms with van der Waals surface area (Å²) >= 11 is 7.12. The van der Waals surface area contributed by atoms with Gasteiger partial charge >= 0.3 is 6.09 Å². The maximum atomic E-state index is 12.8. The minimum Gasteiger partial charge on any atom is -0.496 e. The number of hydrogen-bond donors (Lipinski definition) is 1. The van der Waals surface area contributed by atoms with Gasteiger partial charge in [-0.2, -0.15) is 5.10 Å². The average molecular weight is 671 g/mol. The van der Waals surface area contributed by atoms with Crippen molar-refractivity contribution in [3.8, 4) is 56.8 Å². The molecule has 248 valence electrons. The maximum Gasteiger partial charge on any atom is 0.415 e. The number of amides is 1. The van der Waals surface area contributed by atoms with Crippen molar-refractivity contribution in [1.29, 1.82) is 0 Å². The first-order chi connectivity index (χ1) is 23.2. The number of carbonyl (C=O) groups excluding carboxylic acids is 2. The van der Waals surface area contributed by atoms with Crippen molar-refractivity contribution in [3.63, 3.8) is 0 Å². The Labute approximate surface area is 282 Å². The molecule has 6 rings (SSSR count). The van der Waals surface area contributed by atoms with Gasteiger partial charge in [-0.05, 0) is 43.0 Å². The van der Waals surface area contributed by atoms with Crippen LogP contribution in [-0.4, -0.2) is 78.2 Å². The van der Waals surface area contributed by atoms with Crippen LogP contribution >= 0.6 is 11.6 Å². The first-order valence-electron chi connectivity index (χ1n) is 15.3. The smallest absolute Gasteiger partial charge is 0.415 e. The number of nitrogens with zero attached hydrogens (tertiary/aromatic N) is 4. The van der Waals surface area contributed by atoms with E-state index in [9.17, 15) is 14.7 Å². The summed E-state index contributed by atoms with van der Waals surface area (Å²) < 4.78 is 23.9. The molecule has 12 heteroatoms. The number of aldehydes is 1. The highest BCUT2D eigenvalue weighted by atomic mass is 35.5. The van der Waals surface area contributed by atoms with Crippen molar-refractivity contribution >= 4 is 34.9 Å². The van der Waals surface area contributed by atoms with Crippen molar-refractivity contribution in [1.82, 2.24) is 19.7 Å².